The highest BCUT2D eigenvalue weighted by Gasteiger charge is 2.39. The van der Waals surface area contributed by atoms with Gasteiger partial charge in [-0.1, -0.05) is 58.9 Å². The van der Waals surface area contributed by atoms with Crippen LogP contribution in [-0.2, 0) is 0 Å². The fourth-order valence-electron chi connectivity index (χ4n) is 2.00. The molecule has 0 aliphatic heterocycles. The summed E-state index contributed by atoms with van der Waals surface area (Å²) in [5.41, 5.74) is -0.681. The average Bonchev–Trinajstić information content (AvgIpc) is 2.37. The van der Waals surface area contributed by atoms with E-state index in [4.69, 9.17) is 0 Å². The topological polar surface area (TPSA) is 0 Å². The molecule has 0 aromatic rings. The van der Waals surface area contributed by atoms with Crippen molar-refractivity contribution in [2.24, 2.45) is 17.3 Å². The molecule has 0 bridgehead atoms. The van der Waals surface area contributed by atoms with E-state index in [2.05, 4.69) is 0 Å². The Kier molecular flexibility index (Phi) is 4.14. The molecule has 0 heterocycles. The number of alkyl halides is 3. The van der Waals surface area contributed by atoms with Crippen molar-refractivity contribution in [3.8, 4) is 0 Å². The molecule has 0 spiro atoms. The summed E-state index contributed by atoms with van der Waals surface area (Å²) in [4.78, 5) is 0. The van der Waals surface area contributed by atoms with E-state index in [0.717, 1.165) is 0 Å². The summed E-state index contributed by atoms with van der Waals surface area (Å²) in [5, 5.41) is 0. The minimum absolute atomic E-state index is 0.117. The van der Waals surface area contributed by atoms with Gasteiger partial charge in [-0.05, 0) is 17.4 Å². The first kappa shape index (κ1) is 15.1. The zero-order chi connectivity index (χ0) is 14.1. The first-order chi connectivity index (χ1) is 8.08. The highest BCUT2D eigenvalue weighted by molar-refractivity contribution is 5.43. The van der Waals surface area contributed by atoms with Gasteiger partial charge < -0.3 is 0 Å². The molecule has 0 aromatic carbocycles. The molecule has 1 aliphatic carbocycles. The number of hydrogen-bond donors (Lipinski definition) is 0. The van der Waals surface area contributed by atoms with Crippen molar-refractivity contribution in [3.05, 3.63) is 35.5 Å². The molecule has 1 unspecified atom stereocenters. The lowest BCUT2D eigenvalue weighted by Crippen LogP contribution is -2.23. The van der Waals surface area contributed by atoms with Gasteiger partial charge in [-0.2, -0.15) is 13.2 Å². The summed E-state index contributed by atoms with van der Waals surface area (Å²) in [6, 6.07) is 0. The molecule has 1 rings (SSSR count). The van der Waals surface area contributed by atoms with Crippen LogP contribution in [0.2, 0.25) is 0 Å². The van der Waals surface area contributed by atoms with Crippen molar-refractivity contribution in [3.63, 3.8) is 0 Å². The van der Waals surface area contributed by atoms with E-state index < -0.39 is 17.2 Å². The van der Waals surface area contributed by atoms with Crippen molar-refractivity contribution in [2.75, 3.05) is 0 Å². The Bertz CT molecular complexity index is 394. The van der Waals surface area contributed by atoms with E-state index in [9.17, 15) is 13.2 Å². The van der Waals surface area contributed by atoms with Crippen LogP contribution < -0.4 is 0 Å². The number of allylic oxidation sites excluding steroid dienone is 6. The smallest absolute Gasteiger partial charge is 0.166 e. The van der Waals surface area contributed by atoms with Gasteiger partial charge in [-0.25, -0.2) is 0 Å². The highest BCUT2D eigenvalue weighted by atomic mass is 19.4. The molecule has 0 saturated heterocycles. The SMILES string of the molecule is CC(C)C1=CC=CC(C)(C(C)C)C=C1C(F)(F)F. The normalized spacial score (nSPS) is 25.2. The second kappa shape index (κ2) is 4.94. The summed E-state index contributed by atoms with van der Waals surface area (Å²) in [7, 11) is 0. The minimum atomic E-state index is -4.29. The van der Waals surface area contributed by atoms with Gasteiger partial charge in [-0.3, -0.25) is 0 Å². The Morgan fingerprint density at radius 2 is 1.67 bits per heavy atom. The van der Waals surface area contributed by atoms with E-state index in [0.29, 0.717) is 5.57 Å². The third-order valence-corrected chi connectivity index (χ3v) is 3.67. The minimum Gasteiger partial charge on any atom is -0.166 e. The quantitative estimate of drug-likeness (QED) is 0.631. The van der Waals surface area contributed by atoms with Crippen LogP contribution in [0.15, 0.2) is 35.5 Å². The second-order valence-corrected chi connectivity index (χ2v) is 5.71. The lowest BCUT2D eigenvalue weighted by molar-refractivity contribution is -0.0907. The highest BCUT2D eigenvalue weighted by Crippen LogP contribution is 2.42. The van der Waals surface area contributed by atoms with E-state index >= 15 is 0 Å². The Balaban J connectivity index is 3.38. The molecule has 0 aromatic heterocycles. The molecule has 0 radical (unpaired) electrons. The predicted molar refractivity (Wildman–Crippen MR) is 69.1 cm³/mol. The van der Waals surface area contributed by atoms with Crippen molar-refractivity contribution >= 4 is 0 Å². The number of rotatable bonds is 2. The van der Waals surface area contributed by atoms with Gasteiger partial charge in [0.25, 0.3) is 0 Å². The predicted octanol–water partition coefficient (Wildman–Crippen LogP) is 5.29. The molecule has 0 saturated carbocycles. The molecule has 0 N–H and O–H groups in total. The summed E-state index contributed by atoms with van der Waals surface area (Å²) < 4.78 is 39.6. The van der Waals surface area contributed by atoms with Crippen LogP contribution in [0.5, 0.6) is 0 Å². The Morgan fingerprint density at radius 3 is 2.06 bits per heavy atom. The van der Waals surface area contributed by atoms with Gasteiger partial charge in [-0.15, -0.1) is 0 Å². The van der Waals surface area contributed by atoms with Crippen LogP contribution in [0.3, 0.4) is 0 Å². The first-order valence-corrected chi connectivity index (χ1v) is 6.28. The third kappa shape index (κ3) is 3.06. The third-order valence-electron chi connectivity index (χ3n) is 3.67. The lowest BCUT2D eigenvalue weighted by atomic mass is 9.77. The van der Waals surface area contributed by atoms with E-state index in [1.54, 1.807) is 26.0 Å². The van der Waals surface area contributed by atoms with Crippen molar-refractivity contribution in [1.29, 1.82) is 0 Å². The van der Waals surface area contributed by atoms with Crippen LogP contribution >= 0.6 is 0 Å². The number of hydrogen-bond acceptors (Lipinski definition) is 0. The molecule has 0 nitrogen and oxygen atoms in total. The van der Waals surface area contributed by atoms with Gasteiger partial charge in [0, 0.05) is 5.41 Å². The first-order valence-electron chi connectivity index (χ1n) is 6.28. The zero-order valence-corrected chi connectivity index (χ0v) is 11.6. The monoisotopic (exact) mass is 258 g/mol. The Hall–Kier alpha value is -0.990. The van der Waals surface area contributed by atoms with Gasteiger partial charge in [0.2, 0.25) is 0 Å². The van der Waals surface area contributed by atoms with Gasteiger partial charge in [0.15, 0.2) is 0 Å². The molecule has 1 atom stereocenters. The lowest BCUT2D eigenvalue weighted by Gasteiger charge is -2.28. The van der Waals surface area contributed by atoms with E-state index in [1.165, 1.54) is 6.08 Å². The molecule has 3 heteroatoms. The maximum absolute atomic E-state index is 13.2. The van der Waals surface area contributed by atoms with Gasteiger partial charge >= 0.3 is 6.18 Å². The Labute approximate surface area is 107 Å². The van der Waals surface area contributed by atoms with Crippen molar-refractivity contribution < 1.29 is 13.2 Å². The summed E-state index contributed by atoms with van der Waals surface area (Å²) in [6.07, 6.45) is 2.30. The summed E-state index contributed by atoms with van der Waals surface area (Å²) >= 11 is 0. The maximum atomic E-state index is 13.2. The summed E-state index contributed by atoms with van der Waals surface area (Å²) in [5.74, 6) is -0.0250. The van der Waals surface area contributed by atoms with Crippen molar-refractivity contribution in [2.45, 2.75) is 40.8 Å². The van der Waals surface area contributed by atoms with Gasteiger partial charge in [0.05, 0.1) is 5.57 Å². The number of halogens is 3. The van der Waals surface area contributed by atoms with Crippen LogP contribution in [0, 0.1) is 17.3 Å². The zero-order valence-electron chi connectivity index (χ0n) is 11.6. The van der Waals surface area contributed by atoms with Crippen LogP contribution in [0.1, 0.15) is 34.6 Å². The van der Waals surface area contributed by atoms with Crippen molar-refractivity contribution in [1.82, 2.24) is 0 Å². The van der Waals surface area contributed by atoms with E-state index in [1.807, 2.05) is 26.8 Å². The molecule has 0 fully saturated rings. The standard InChI is InChI=1S/C15H21F3/c1-10(2)12-7-6-8-14(5,11(3)4)9-13(12)15(16,17)18/h6-11H,1-5H3. The van der Waals surface area contributed by atoms with E-state index in [-0.39, 0.29) is 11.8 Å². The molecule has 18 heavy (non-hydrogen) atoms. The molecule has 0 amide bonds. The largest absolute Gasteiger partial charge is 0.416 e. The molecular weight excluding hydrogens is 237 g/mol. The second-order valence-electron chi connectivity index (χ2n) is 5.71. The molecule has 1 aliphatic rings. The van der Waals surface area contributed by atoms with Crippen LogP contribution in [-0.4, -0.2) is 6.18 Å². The maximum Gasteiger partial charge on any atom is 0.416 e. The van der Waals surface area contributed by atoms with Crippen LogP contribution in [0.25, 0.3) is 0 Å². The fourth-order valence-corrected chi connectivity index (χ4v) is 2.00. The fraction of sp³-hybridized carbons (Fsp3) is 0.600. The molecular formula is C15H21F3. The average molecular weight is 258 g/mol. The van der Waals surface area contributed by atoms with Crippen LogP contribution in [0.4, 0.5) is 13.2 Å². The van der Waals surface area contributed by atoms with Gasteiger partial charge in [0.1, 0.15) is 0 Å². The Morgan fingerprint density at radius 1 is 1.11 bits per heavy atom. The molecule has 102 valence electrons. The summed E-state index contributed by atoms with van der Waals surface area (Å²) in [6.45, 7) is 9.30.